The van der Waals surface area contributed by atoms with Gasteiger partial charge < -0.3 is 4.74 Å². The van der Waals surface area contributed by atoms with E-state index in [1.807, 2.05) is 14.0 Å². The number of hydrogen-bond donors (Lipinski definition) is 0. The van der Waals surface area contributed by atoms with E-state index in [2.05, 4.69) is 18.9 Å². The molecular formula is C16H27N3O2. The average Bonchev–Trinajstić information content (AvgIpc) is 3.05. The van der Waals surface area contributed by atoms with Crippen molar-refractivity contribution in [1.29, 1.82) is 0 Å². The Morgan fingerprint density at radius 3 is 2.62 bits per heavy atom. The molecule has 0 spiro atoms. The van der Waals surface area contributed by atoms with Crippen LogP contribution < -0.4 is 0 Å². The highest BCUT2D eigenvalue weighted by atomic mass is 16.5. The second-order valence-corrected chi connectivity index (χ2v) is 6.37. The van der Waals surface area contributed by atoms with E-state index >= 15 is 0 Å². The molecule has 118 valence electrons. The Morgan fingerprint density at radius 1 is 1.38 bits per heavy atom. The van der Waals surface area contributed by atoms with Gasteiger partial charge in [-0.25, -0.2) is 4.98 Å². The van der Waals surface area contributed by atoms with Crippen LogP contribution in [0.4, 0.5) is 0 Å². The van der Waals surface area contributed by atoms with E-state index in [9.17, 15) is 4.79 Å². The number of hydrogen-bond acceptors (Lipinski definition) is 4. The lowest BCUT2D eigenvalue weighted by molar-refractivity contribution is -0.145. The highest BCUT2D eigenvalue weighted by Crippen LogP contribution is 2.33. The normalized spacial score (nSPS) is 17.4. The van der Waals surface area contributed by atoms with Crippen molar-refractivity contribution in [1.82, 2.24) is 14.8 Å². The maximum absolute atomic E-state index is 12.3. The smallest absolute Gasteiger partial charge is 0.316 e. The summed E-state index contributed by atoms with van der Waals surface area (Å²) >= 11 is 0. The van der Waals surface area contributed by atoms with Gasteiger partial charge in [-0.3, -0.25) is 9.48 Å². The third-order valence-corrected chi connectivity index (χ3v) is 4.12. The van der Waals surface area contributed by atoms with Gasteiger partial charge in [0, 0.05) is 13.0 Å². The van der Waals surface area contributed by atoms with Gasteiger partial charge in [0.2, 0.25) is 0 Å². The van der Waals surface area contributed by atoms with E-state index in [0.29, 0.717) is 18.4 Å². The quantitative estimate of drug-likeness (QED) is 0.756. The lowest BCUT2D eigenvalue weighted by Crippen LogP contribution is -2.21. The molecule has 0 amide bonds. The van der Waals surface area contributed by atoms with Crippen LogP contribution in [0.5, 0.6) is 0 Å². The number of carbonyl (C=O) groups is 1. The minimum Gasteiger partial charge on any atom is -0.465 e. The Balaban J connectivity index is 2.23. The summed E-state index contributed by atoms with van der Waals surface area (Å²) in [5.74, 6) is 2.04. The zero-order valence-electron chi connectivity index (χ0n) is 13.6. The number of carbonyl (C=O) groups excluding carboxylic acids is 1. The van der Waals surface area contributed by atoms with Crippen molar-refractivity contribution in [3.05, 3.63) is 11.6 Å². The Hall–Kier alpha value is -1.39. The minimum atomic E-state index is -0.308. The van der Waals surface area contributed by atoms with Crippen molar-refractivity contribution in [2.24, 2.45) is 13.0 Å². The van der Waals surface area contributed by atoms with Crippen LogP contribution in [0.2, 0.25) is 0 Å². The van der Waals surface area contributed by atoms with Gasteiger partial charge in [-0.1, -0.05) is 26.7 Å². The summed E-state index contributed by atoms with van der Waals surface area (Å²) in [6, 6.07) is 0. The van der Waals surface area contributed by atoms with Crippen molar-refractivity contribution >= 4 is 5.97 Å². The van der Waals surface area contributed by atoms with Crippen molar-refractivity contribution in [2.45, 2.75) is 64.7 Å². The first-order chi connectivity index (χ1) is 10.0. The van der Waals surface area contributed by atoms with Gasteiger partial charge >= 0.3 is 5.97 Å². The highest BCUT2D eigenvalue weighted by molar-refractivity contribution is 5.77. The zero-order valence-corrected chi connectivity index (χ0v) is 13.6. The minimum absolute atomic E-state index is 0.181. The van der Waals surface area contributed by atoms with Crippen LogP contribution in [0.1, 0.15) is 76.4 Å². The predicted molar refractivity (Wildman–Crippen MR) is 81.0 cm³/mol. The second-order valence-electron chi connectivity index (χ2n) is 6.37. The molecule has 0 aromatic carbocycles. The fourth-order valence-corrected chi connectivity index (χ4v) is 3.10. The van der Waals surface area contributed by atoms with Gasteiger partial charge in [0.05, 0.1) is 6.61 Å². The summed E-state index contributed by atoms with van der Waals surface area (Å²) in [7, 11) is 1.88. The Bertz CT molecular complexity index is 476. The lowest BCUT2D eigenvalue weighted by Gasteiger charge is -2.16. The molecule has 2 rings (SSSR count). The molecule has 5 nitrogen and oxygen atoms in total. The maximum atomic E-state index is 12.3. The average molecular weight is 293 g/mol. The number of aromatic nitrogens is 3. The topological polar surface area (TPSA) is 57.0 Å². The van der Waals surface area contributed by atoms with Crippen LogP contribution in [0.15, 0.2) is 0 Å². The molecule has 0 N–H and O–H groups in total. The summed E-state index contributed by atoms with van der Waals surface area (Å²) in [4.78, 5) is 17.0. The van der Waals surface area contributed by atoms with E-state index in [1.54, 1.807) is 4.68 Å². The molecule has 0 bridgehead atoms. The summed E-state index contributed by atoms with van der Waals surface area (Å²) in [6.45, 7) is 6.46. The van der Waals surface area contributed by atoms with Gasteiger partial charge in [0.1, 0.15) is 11.7 Å². The first-order valence-corrected chi connectivity index (χ1v) is 8.10. The van der Waals surface area contributed by atoms with Crippen LogP contribution >= 0.6 is 0 Å². The molecule has 0 aliphatic heterocycles. The standard InChI is InChI=1S/C16H27N3O2/c1-5-21-16(20)13(10-11(2)3)15-17-14(18-19(15)4)12-8-6-7-9-12/h11-13H,5-10H2,1-4H3. The van der Waals surface area contributed by atoms with E-state index < -0.39 is 0 Å². The fourth-order valence-electron chi connectivity index (χ4n) is 3.10. The van der Waals surface area contributed by atoms with E-state index in [4.69, 9.17) is 9.72 Å². The first-order valence-electron chi connectivity index (χ1n) is 8.10. The van der Waals surface area contributed by atoms with Crippen LogP contribution in [-0.4, -0.2) is 27.3 Å². The molecule has 5 heteroatoms. The van der Waals surface area contributed by atoms with Crippen molar-refractivity contribution in [3.8, 4) is 0 Å². The Kier molecular flexibility index (Phi) is 5.37. The number of ether oxygens (including phenoxy) is 1. The molecule has 1 unspecified atom stereocenters. The first kappa shape index (κ1) is 16.0. The SMILES string of the molecule is CCOC(=O)C(CC(C)C)c1nc(C2CCCC2)nn1C. The molecule has 1 saturated carbocycles. The largest absolute Gasteiger partial charge is 0.465 e. The van der Waals surface area contributed by atoms with Crippen LogP contribution in [-0.2, 0) is 16.6 Å². The summed E-state index contributed by atoms with van der Waals surface area (Å²) in [5.41, 5.74) is 0. The van der Waals surface area contributed by atoms with E-state index in [1.165, 1.54) is 12.8 Å². The monoisotopic (exact) mass is 293 g/mol. The van der Waals surface area contributed by atoms with Crippen LogP contribution in [0.3, 0.4) is 0 Å². The molecule has 1 fully saturated rings. The zero-order chi connectivity index (χ0) is 15.4. The molecule has 0 radical (unpaired) electrons. The molecule has 0 saturated heterocycles. The second kappa shape index (κ2) is 7.05. The van der Waals surface area contributed by atoms with Crippen LogP contribution in [0, 0.1) is 5.92 Å². The lowest BCUT2D eigenvalue weighted by atomic mass is 9.96. The molecule has 1 aliphatic rings. The van der Waals surface area contributed by atoms with Gasteiger partial charge in [-0.15, -0.1) is 0 Å². The molecule has 1 aliphatic carbocycles. The summed E-state index contributed by atoms with van der Waals surface area (Å²) in [5, 5.41) is 4.56. The van der Waals surface area contributed by atoms with Crippen LogP contribution in [0.25, 0.3) is 0 Å². The molecule has 1 heterocycles. The number of rotatable bonds is 6. The highest BCUT2D eigenvalue weighted by Gasteiger charge is 2.30. The molecule has 1 aromatic rings. The maximum Gasteiger partial charge on any atom is 0.316 e. The third kappa shape index (κ3) is 3.83. The summed E-state index contributed by atoms with van der Waals surface area (Å²) < 4.78 is 7.00. The Morgan fingerprint density at radius 2 is 2.05 bits per heavy atom. The van der Waals surface area contributed by atoms with Crippen molar-refractivity contribution < 1.29 is 9.53 Å². The summed E-state index contributed by atoms with van der Waals surface area (Å²) in [6.07, 6.45) is 5.59. The molecule has 1 aromatic heterocycles. The van der Waals surface area contributed by atoms with Gasteiger partial charge in [-0.05, 0) is 32.1 Å². The van der Waals surface area contributed by atoms with Crippen molar-refractivity contribution in [2.75, 3.05) is 6.61 Å². The van der Waals surface area contributed by atoms with Gasteiger partial charge in [0.25, 0.3) is 0 Å². The van der Waals surface area contributed by atoms with E-state index in [0.717, 1.165) is 30.9 Å². The predicted octanol–water partition coefficient (Wildman–Crippen LogP) is 3.17. The molecular weight excluding hydrogens is 266 g/mol. The van der Waals surface area contributed by atoms with Gasteiger partial charge in [-0.2, -0.15) is 5.10 Å². The Labute approximate surface area is 127 Å². The fraction of sp³-hybridized carbons (Fsp3) is 0.812. The number of aryl methyl sites for hydroxylation is 1. The number of esters is 1. The molecule has 21 heavy (non-hydrogen) atoms. The third-order valence-electron chi connectivity index (χ3n) is 4.12. The van der Waals surface area contributed by atoms with Crippen molar-refractivity contribution in [3.63, 3.8) is 0 Å². The van der Waals surface area contributed by atoms with E-state index in [-0.39, 0.29) is 11.9 Å². The number of nitrogens with zero attached hydrogens (tertiary/aromatic N) is 3. The molecule has 1 atom stereocenters. The van der Waals surface area contributed by atoms with Gasteiger partial charge in [0.15, 0.2) is 5.82 Å².